The summed E-state index contributed by atoms with van der Waals surface area (Å²) in [5.74, 6) is 0.596. The number of rotatable bonds is 9. The van der Waals surface area contributed by atoms with E-state index in [2.05, 4.69) is 0 Å². The van der Waals surface area contributed by atoms with Crippen LogP contribution in [0.3, 0.4) is 0 Å². The van der Waals surface area contributed by atoms with Crippen molar-refractivity contribution in [3.8, 4) is 17.2 Å². The smallest absolute Gasteiger partial charge is 0.344 e. The Labute approximate surface area is 167 Å². The van der Waals surface area contributed by atoms with Crippen LogP contribution in [0.1, 0.15) is 12.5 Å². The number of benzene rings is 2. The molecule has 3 aromatic rings. The van der Waals surface area contributed by atoms with Gasteiger partial charge in [0.25, 0.3) is 0 Å². The Morgan fingerprint density at radius 1 is 1.07 bits per heavy atom. The molecular weight excluding hydrogens is 376 g/mol. The summed E-state index contributed by atoms with van der Waals surface area (Å²) in [7, 11) is 1.52. The van der Waals surface area contributed by atoms with Crippen molar-refractivity contribution in [3.05, 3.63) is 64.5 Å². The average Bonchev–Trinajstić information content (AvgIpc) is 2.74. The van der Waals surface area contributed by atoms with E-state index in [0.717, 1.165) is 12.0 Å². The van der Waals surface area contributed by atoms with Crippen molar-refractivity contribution in [2.75, 3.05) is 26.9 Å². The van der Waals surface area contributed by atoms with E-state index in [4.69, 9.17) is 23.4 Å². The van der Waals surface area contributed by atoms with Crippen molar-refractivity contribution in [2.24, 2.45) is 0 Å². The first-order valence-corrected chi connectivity index (χ1v) is 9.21. The Morgan fingerprint density at radius 2 is 1.90 bits per heavy atom. The molecule has 0 radical (unpaired) electrons. The van der Waals surface area contributed by atoms with E-state index in [9.17, 15) is 9.59 Å². The first-order valence-electron chi connectivity index (χ1n) is 9.21. The van der Waals surface area contributed by atoms with Gasteiger partial charge in [-0.3, -0.25) is 4.79 Å². The van der Waals surface area contributed by atoms with Crippen LogP contribution in [0.5, 0.6) is 17.2 Å². The van der Waals surface area contributed by atoms with Crippen LogP contribution >= 0.6 is 0 Å². The maximum atomic E-state index is 12.7. The molecule has 0 N–H and O–H groups in total. The van der Waals surface area contributed by atoms with E-state index in [-0.39, 0.29) is 24.4 Å². The van der Waals surface area contributed by atoms with Gasteiger partial charge in [-0.2, -0.15) is 0 Å². The predicted molar refractivity (Wildman–Crippen MR) is 107 cm³/mol. The maximum Gasteiger partial charge on any atom is 0.344 e. The number of methoxy groups -OCH3 is 1. The molecule has 0 bridgehead atoms. The first-order chi connectivity index (χ1) is 14.1. The second kappa shape index (κ2) is 9.75. The molecule has 0 saturated heterocycles. The van der Waals surface area contributed by atoms with Gasteiger partial charge in [-0.25, -0.2) is 4.79 Å². The summed E-state index contributed by atoms with van der Waals surface area (Å²) < 4.78 is 26.5. The van der Waals surface area contributed by atoms with Gasteiger partial charge in [0.05, 0.1) is 12.0 Å². The summed E-state index contributed by atoms with van der Waals surface area (Å²) in [5.41, 5.74) is 1.03. The summed E-state index contributed by atoms with van der Waals surface area (Å²) in [4.78, 5) is 24.3. The highest BCUT2D eigenvalue weighted by molar-refractivity contribution is 5.79. The summed E-state index contributed by atoms with van der Waals surface area (Å²) in [6.07, 6.45) is 2.06. The van der Waals surface area contributed by atoms with Crippen LogP contribution in [0.4, 0.5) is 0 Å². The fourth-order valence-electron chi connectivity index (χ4n) is 2.69. The van der Waals surface area contributed by atoms with Crippen LogP contribution < -0.4 is 14.9 Å². The van der Waals surface area contributed by atoms with E-state index in [1.165, 1.54) is 13.4 Å². The molecule has 7 nitrogen and oxygen atoms in total. The van der Waals surface area contributed by atoms with E-state index in [0.29, 0.717) is 29.1 Å². The quantitative estimate of drug-likeness (QED) is 0.401. The lowest BCUT2D eigenvalue weighted by molar-refractivity contribution is -0.147. The lowest BCUT2D eigenvalue weighted by atomic mass is 10.1. The molecule has 0 atom stereocenters. The van der Waals surface area contributed by atoms with Crippen molar-refractivity contribution in [1.29, 1.82) is 0 Å². The van der Waals surface area contributed by atoms with Crippen LogP contribution in [0.2, 0.25) is 0 Å². The molecule has 1 aromatic heterocycles. The van der Waals surface area contributed by atoms with Gasteiger partial charge in [0, 0.05) is 13.2 Å². The molecule has 0 amide bonds. The number of hydrogen-bond acceptors (Lipinski definition) is 7. The maximum absolute atomic E-state index is 12.7. The Bertz CT molecular complexity index is 1040. The Kier molecular flexibility index (Phi) is 6.86. The van der Waals surface area contributed by atoms with Gasteiger partial charge in [0.2, 0.25) is 11.2 Å². The molecule has 0 aliphatic heterocycles. The van der Waals surface area contributed by atoms with Crippen LogP contribution in [0, 0.1) is 0 Å². The van der Waals surface area contributed by atoms with Crippen LogP contribution in [0.15, 0.2) is 57.9 Å². The molecule has 0 fully saturated rings. The zero-order valence-corrected chi connectivity index (χ0v) is 16.3. The molecular formula is C22H22O7. The molecule has 2 aromatic carbocycles. The highest BCUT2D eigenvalue weighted by atomic mass is 16.6. The van der Waals surface area contributed by atoms with Crippen LogP contribution in [-0.4, -0.2) is 32.9 Å². The fraction of sp³-hybridized carbons (Fsp3) is 0.273. The molecule has 3 rings (SSSR count). The Morgan fingerprint density at radius 3 is 2.69 bits per heavy atom. The standard InChI is InChI=1S/C22H22O7/c1-3-15-6-4-5-7-18(15)29-20-13-28-19-12-16(8-9-17(19)22(20)24)27-14-21(23)26-11-10-25-2/h4-9,12-13H,3,10-11,14H2,1-2H3. The van der Waals surface area contributed by atoms with Gasteiger partial charge < -0.3 is 23.4 Å². The van der Waals surface area contributed by atoms with E-state index < -0.39 is 5.97 Å². The Balaban J connectivity index is 1.74. The number of fused-ring (bicyclic) bond motifs is 1. The first kappa shape index (κ1) is 20.4. The summed E-state index contributed by atoms with van der Waals surface area (Å²) in [6.45, 7) is 2.24. The molecule has 7 heteroatoms. The number of para-hydroxylation sites is 1. The minimum Gasteiger partial charge on any atom is -0.482 e. The van der Waals surface area contributed by atoms with Gasteiger partial charge in [0.15, 0.2) is 6.61 Å². The van der Waals surface area contributed by atoms with Gasteiger partial charge in [-0.05, 0) is 30.2 Å². The van der Waals surface area contributed by atoms with Gasteiger partial charge in [-0.1, -0.05) is 25.1 Å². The zero-order chi connectivity index (χ0) is 20.6. The molecule has 0 spiro atoms. The number of hydrogen-bond donors (Lipinski definition) is 0. The molecule has 152 valence electrons. The number of ether oxygens (including phenoxy) is 4. The van der Waals surface area contributed by atoms with Crippen molar-refractivity contribution >= 4 is 16.9 Å². The number of esters is 1. The normalized spacial score (nSPS) is 10.7. The number of carbonyl (C=O) groups is 1. The van der Waals surface area contributed by atoms with Crippen LogP contribution in [0.25, 0.3) is 11.0 Å². The Hall–Kier alpha value is -3.32. The highest BCUT2D eigenvalue weighted by Gasteiger charge is 2.12. The lowest BCUT2D eigenvalue weighted by Gasteiger charge is -2.10. The molecule has 1 heterocycles. The molecule has 0 aliphatic carbocycles. The SMILES string of the molecule is CCc1ccccc1Oc1coc2cc(OCC(=O)OCCOC)ccc2c1=O. The van der Waals surface area contributed by atoms with Gasteiger partial charge in [0.1, 0.15) is 30.0 Å². The van der Waals surface area contributed by atoms with Crippen molar-refractivity contribution in [3.63, 3.8) is 0 Å². The third-order valence-electron chi connectivity index (χ3n) is 4.20. The number of carbonyl (C=O) groups excluding carboxylic acids is 1. The van der Waals surface area contributed by atoms with E-state index in [1.54, 1.807) is 18.2 Å². The second-order valence-corrected chi connectivity index (χ2v) is 6.15. The summed E-state index contributed by atoms with van der Waals surface area (Å²) in [6, 6.07) is 12.2. The molecule has 0 aliphatic rings. The van der Waals surface area contributed by atoms with Crippen molar-refractivity contribution < 1.29 is 28.2 Å². The minimum absolute atomic E-state index is 0.105. The van der Waals surface area contributed by atoms with Gasteiger partial charge in [-0.15, -0.1) is 0 Å². The third kappa shape index (κ3) is 5.14. The summed E-state index contributed by atoms with van der Waals surface area (Å²) in [5, 5.41) is 0.353. The fourth-order valence-corrected chi connectivity index (χ4v) is 2.69. The highest BCUT2D eigenvalue weighted by Crippen LogP contribution is 2.26. The van der Waals surface area contributed by atoms with Gasteiger partial charge >= 0.3 is 5.97 Å². The topological polar surface area (TPSA) is 84.2 Å². The second-order valence-electron chi connectivity index (χ2n) is 6.15. The monoisotopic (exact) mass is 398 g/mol. The summed E-state index contributed by atoms with van der Waals surface area (Å²) >= 11 is 0. The molecule has 29 heavy (non-hydrogen) atoms. The minimum atomic E-state index is -0.512. The molecule has 0 unspecified atom stereocenters. The third-order valence-corrected chi connectivity index (χ3v) is 4.20. The van der Waals surface area contributed by atoms with E-state index in [1.807, 2.05) is 31.2 Å². The van der Waals surface area contributed by atoms with E-state index >= 15 is 0 Å². The lowest BCUT2D eigenvalue weighted by Crippen LogP contribution is -2.17. The van der Waals surface area contributed by atoms with Crippen LogP contribution in [-0.2, 0) is 20.7 Å². The average molecular weight is 398 g/mol. The zero-order valence-electron chi connectivity index (χ0n) is 16.3. The van der Waals surface area contributed by atoms with Crippen molar-refractivity contribution in [1.82, 2.24) is 0 Å². The molecule has 0 saturated carbocycles. The predicted octanol–water partition coefficient (Wildman–Crippen LogP) is 3.72. The number of aryl methyl sites for hydroxylation is 1. The van der Waals surface area contributed by atoms with Crippen molar-refractivity contribution in [2.45, 2.75) is 13.3 Å². The largest absolute Gasteiger partial charge is 0.482 e.